The topological polar surface area (TPSA) is 18.5 Å². The molecule has 0 aromatic rings. The van der Waals surface area contributed by atoms with Gasteiger partial charge >= 0.3 is 0 Å². The molecule has 18 heavy (non-hydrogen) atoms. The highest BCUT2D eigenvalue weighted by Gasteiger charge is 2.18. The van der Waals surface area contributed by atoms with Crippen molar-refractivity contribution in [3.05, 3.63) is 10.7 Å². The third kappa shape index (κ3) is 6.79. The summed E-state index contributed by atoms with van der Waals surface area (Å²) in [4.78, 5) is 0. The first-order chi connectivity index (χ1) is 8.53. The van der Waals surface area contributed by atoms with Crippen molar-refractivity contribution in [2.24, 2.45) is 5.41 Å². The Morgan fingerprint density at radius 2 is 2.28 bits per heavy atom. The Morgan fingerprint density at radius 1 is 1.50 bits per heavy atom. The SMILES string of the molecule is CCCCC(C)(C)CC=C(Br)OC1CCCOC1. The molecule has 1 rings (SSSR count). The van der Waals surface area contributed by atoms with Crippen LogP contribution in [0.2, 0.25) is 0 Å². The lowest BCUT2D eigenvalue weighted by Gasteiger charge is -2.25. The number of rotatable bonds is 7. The maximum Gasteiger partial charge on any atom is 0.158 e. The fourth-order valence-corrected chi connectivity index (χ4v) is 2.55. The molecule has 1 heterocycles. The van der Waals surface area contributed by atoms with Crippen LogP contribution < -0.4 is 0 Å². The highest BCUT2D eigenvalue weighted by molar-refractivity contribution is 9.11. The van der Waals surface area contributed by atoms with Gasteiger partial charge in [-0.3, -0.25) is 0 Å². The maximum absolute atomic E-state index is 5.84. The number of hydrogen-bond acceptors (Lipinski definition) is 2. The summed E-state index contributed by atoms with van der Waals surface area (Å²) in [5, 5.41) is 0. The first kappa shape index (κ1) is 16.0. The average molecular weight is 319 g/mol. The summed E-state index contributed by atoms with van der Waals surface area (Å²) in [5.41, 5.74) is 0.363. The first-order valence-corrected chi connectivity index (χ1v) is 7.93. The Hall–Kier alpha value is -0.0200. The quantitative estimate of drug-likeness (QED) is 0.613. The summed E-state index contributed by atoms with van der Waals surface area (Å²) in [5.74, 6) is 0. The lowest BCUT2D eigenvalue weighted by Crippen LogP contribution is -2.24. The fraction of sp³-hybridized carbons (Fsp3) is 0.867. The van der Waals surface area contributed by atoms with Crippen LogP contribution in [0.1, 0.15) is 59.3 Å². The molecule has 0 amide bonds. The second-order valence-electron chi connectivity index (χ2n) is 5.94. The van der Waals surface area contributed by atoms with E-state index in [4.69, 9.17) is 9.47 Å². The van der Waals surface area contributed by atoms with Crippen LogP contribution in [0.4, 0.5) is 0 Å². The molecular weight excluding hydrogens is 292 g/mol. The van der Waals surface area contributed by atoms with Crippen LogP contribution in [-0.2, 0) is 9.47 Å². The van der Waals surface area contributed by atoms with Crippen LogP contribution in [0.15, 0.2) is 10.7 Å². The van der Waals surface area contributed by atoms with Crippen molar-refractivity contribution in [1.29, 1.82) is 0 Å². The molecule has 0 radical (unpaired) electrons. The van der Waals surface area contributed by atoms with Crippen molar-refractivity contribution in [2.45, 2.75) is 65.4 Å². The molecule has 0 aliphatic carbocycles. The zero-order valence-electron chi connectivity index (χ0n) is 12.0. The smallest absolute Gasteiger partial charge is 0.158 e. The largest absolute Gasteiger partial charge is 0.482 e. The summed E-state index contributed by atoms with van der Waals surface area (Å²) >= 11 is 3.52. The van der Waals surface area contributed by atoms with Gasteiger partial charge in [0.15, 0.2) is 4.67 Å². The van der Waals surface area contributed by atoms with E-state index < -0.39 is 0 Å². The fourth-order valence-electron chi connectivity index (χ4n) is 2.13. The van der Waals surface area contributed by atoms with Gasteiger partial charge in [-0.05, 0) is 53.1 Å². The highest BCUT2D eigenvalue weighted by Crippen LogP contribution is 2.29. The molecular formula is C15H27BrO2. The molecule has 1 atom stereocenters. The molecule has 106 valence electrons. The van der Waals surface area contributed by atoms with E-state index in [9.17, 15) is 0 Å². The Labute approximate surface area is 120 Å². The molecule has 0 aromatic carbocycles. The van der Waals surface area contributed by atoms with E-state index in [2.05, 4.69) is 42.8 Å². The minimum atomic E-state index is 0.225. The summed E-state index contributed by atoms with van der Waals surface area (Å²) in [6.07, 6.45) is 9.50. The van der Waals surface area contributed by atoms with Crippen molar-refractivity contribution < 1.29 is 9.47 Å². The van der Waals surface area contributed by atoms with Crippen LogP contribution in [0.5, 0.6) is 0 Å². The Balaban J connectivity index is 2.31. The lowest BCUT2D eigenvalue weighted by atomic mass is 9.84. The minimum absolute atomic E-state index is 0.225. The predicted molar refractivity (Wildman–Crippen MR) is 79.9 cm³/mol. The van der Waals surface area contributed by atoms with Crippen molar-refractivity contribution in [3.63, 3.8) is 0 Å². The highest BCUT2D eigenvalue weighted by atomic mass is 79.9. The number of ether oxygens (including phenoxy) is 2. The second kappa shape index (κ2) is 8.21. The van der Waals surface area contributed by atoms with E-state index in [0.29, 0.717) is 5.41 Å². The van der Waals surface area contributed by atoms with Gasteiger partial charge in [-0.15, -0.1) is 0 Å². The van der Waals surface area contributed by atoms with Crippen molar-refractivity contribution in [2.75, 3.05) is 13.2 Å². The van der Waals surface area contributed by atoms with E-state index in [1.165, 1.54) is 19.3 Å². The van der Waals surface area contributed by atoms with E-state index in [0.717, 1.165) is 37.1 Å². The molecule has 0 spiro atoms. The van der Waals surface area contributed by atoms with Crippen molar-refractivity contribution >= 4 is 15.9 Å². The summed E-state index contributed by atoms with van der Waals surface area (Å²) in [7, 11) is 0. The molecule has 1 fully saturated rings. The number of allylic oxidation sites excluding steroid dienone is 1. The molecule has 0 N–H and O–H groups in total. The molecule has 3 heteroatoms. The zero-order valence-corrected chi connectivity index (χ0v) is 13.6. The third-order valence-electron chi connectivity index (χ3n) is 3.42. The molecule has 1 unspecified atom stereocenters. The van der Waals surface area contributed by atoms with E-state index in [-0.39, 0.29) is 6.10 Å². The van der Waals surface area contributed by atoms with Gasteiger partial charge in [-0.25, -0.2) is 0 Å². The van der Waals surface area contributed by atoms with Crippen LogP contribution in [0.3, 0.4) is 0 Å². The Bertz CT molecular complexity index is 255. The van der Waals surface area contributed by atoms with Crippen LogP contribution in [-0.4, -0.2) is 19.3 Å². The van der Waals surface area contributed by atoms with Crippen LogP contribution in [0, 0.1) is 5.41 Å². The lowest BCUT2D eigenvalue weighted by molar-refractivity contribution is -0.0158. The van der Waals surface area contributed by atoms with Crippen molar-refractivity contribution in [1.82, 2.24) is 0 Å². The first-order valence-electron chi connectivity index (χ1n) is 7.13. The number of halogens is 1. The third-order valence-corrected chi connectivity index (χ3v) is 3.93. The number of hydrogen-bond donors (Lipinski definition) is 0. The van der Waals surface area contributed by atoms with E-state index in [1.54, 1.807) is 0 Å². The van der Waals surface area contributed by atoms with Gasteiger partial charge in [-0.2, -0.15) is 0 Å². The second-order valence-corrected chi connectivity index (χ2v) is 6.72. The Morgan fingerprint density at radius 3 is 2.89 bits per heavy atom. The predicted octanol–water partition coefficient (Wildman–Crippen LogP) is 5.02. The van der Waals surface area contributed by atoms with Gasteiger partial charge < -0.3 is 9.47 Å². The average Bonchev–Trinajstić information content (AvgIpc) is 2.36. The van der Waals surface area contributed by atoms with E-state index in [1.807, 2.05) is 0 Å². The van der Waals surface area contributed by atoms with Crippen molar-refractivity contribution in [3.8, 4) is 0 Å². The van der Waals surface area contributed by atoms with Gasteiger partial charge in [0.1, 0.15) is 6.10 Å². The molecule has 0 bridgehead atoms. The molecule has 1 aliphatic rings. The summed E-state index contributed by atoms with van der Waals surface area (Å²) < 4.78 is 12.1. The maximum atomic E-state index is 5.84. The molecule has 0 aromatic heterocycles. The molecule has 1 aliphatic heterocycles. The summed E-state index contributed by atoms with van der Waals surface area (Å²) in [6.45, 7) is 8.49. The molecule has 1 saturated heterocycles. The van der Waals surface area contributed by atoms with Gasteiger partial charge in [0.25, 0.3) is 0 Å². The standard InChI is InChI=1S/C15H27BrO2/c1-4-5-9-15(2,3)10-8-14(16)18-13-7-6-11-17-12-13/h8,13H,4-7,9-12H2,1-3H3. The van der Waals surface area contributed by atoms with Crippen LogP contribution in [0.25, 0.3) is 0 Å². The summed E-state index contributed by atoms with van der Waals surface area (Å²) in [6, 6.07) is 0. The van der Waals surface area contributed by atoms with Gasteiger partial charge in [0.2, 0.25) is 0 Å². The zero-order chi connectivity index (χ0) is 13.4. The van der Waals surface area contributed by atoms with Crippen LogP contribution >= 0.6 is 15.9 Å². The van der Waals surface area contributed by atoms with E-state index >= 15 is 0 Å². The Kier molecular flexibility index (Phi) is 7.31. The van der Waals surface area contributed by atoms with Gasteiger partial charge in [0.05, 0.1) is 6.61 Å². The molecule has 0 saturated carbocycles. The molecule has 2 nitrogen and oxygen atoms in total. The monoisotopic (exact) mass is 318 g/mol. The van der Waals surface area contributed by atoms with Gasteiger partial charge in [-0.1, -0.05) is 33.6 Å². The minimum Gasteiger partial charge on any atom is -0.482 e. The number of unbranched alkanes of at least 4 members (excludes halogenated alkanes) is 1. The normalized spacial score (nSPS) is 22.0. The van der Waals surface area contributed by atoms with Gasteiger partial charge in [0, 0.05) is 6.61 Å².